The highest BCUT2D eigenvalue weighted by Gasteiger charge is 2.34. The van der Waals surface area contributed by atoms with Gasteiger partial charge >= 0.3 is 6.18 Å². The molecule has 0 radical (unpaired) electrons. The minimum Gasteiger partial charge on any atom is -0.315 e. The van der Waals surface area contributed by atoms with E-state index in [2.05, 4.69) is 18.7 Å². The molecule has 1 aliphatic heterocycles. The fraction of sp³-hybridized carbons (Fsp3) is 0.643. The van der Waals surface area contributed by atoms with Crippen molar-refractivity contribution < 1.29 is 13.2 Å². The third-order valence-electron chi connectivity index (χ3n) is 3.83. The van der Waals surface area contributed by atoms with E-state index in [1.807, 2.05) is 0 Å². The number of hydrogen-bond acceptors (Lipinski definition) is 2. The monoisotopic (exact) mass is 288 g/mol. The van der Waals surface area contributed by atoms with Crippen LogP contribution in [0.2, 0.25) is 0 Å². The number of halogens is 3. The van der Waals surface area contributed by atoms with Crippen LogP contribution < -0.4 is 5.56 Å². The molecule has 0 bridgehead atoms. The first-order valence-electron chi connectivity index (χ1n) is 6.79. The molecule has 2 rings (SSSR count). The highest BCUT2D eigenvalue weighted by molar-refractivity contribution is 5.14. The smallest absolute Gasteiger partial charge is 0.315 e. The second-order valence-corrected chi connectivity index (χ2v) is 5.62. The topological polar surface area (TPSA) is 25.2 Å². The summed E-state index contributed by atoms with van der Waals surface area (Å²) in [5.74, 6) is 0.235. The van der Waals surface area contributed by atoms with Crippen LogP contribution in [-0.4, -0.2) is 28.6 Å². The average molecular weight is 288 g/mol. The van der Waals surface area contributed by atoms with Crippen LogP contribution in [0.5, 0.6) is 0 Å². The molecule has 112 valence electrons. The van der Waals surface area contributed by atoms with E-state index in [-0.39, 0.29) is 5.92 Å². The minimum atomic E-state index is -4.58. The van der Waals surface area contributed by atoms with Crippen molar-refractivity contribution in [2.45, 2.75) is 39.0 Å². The van der Waals surface area contributed by atoms with E-state index in [1.165, 1.54) is 16.8 Å². The molecule has 6 heteroatoms. The van der Waals surface area contributed by atoms with E-state index in [0.29, 0.717) is 12.6 Å². The van der Waals surface area contributed by atoms with Crippen molar-refractivity contribution in [1.29, 1.82) is 0 Å². The number of nitrogens with zero attached hydrogens (tertiary/aromatic N) is 2. The predicted octanol–water partition coefficient (Wildman–Crippen LogP) is 2.60. The fourth-order valence-corrected chi connectivity index (χ4v) is 2.66. The van der Waals surface area contributed by atoms with Crippen molar-refractivity contribution in [2.24, 2.45) is 5.92 Å². The molecule has 0 aliphatic carbocycles. The zero-order valence-corrected chi connectivity index (χ0v) is 11.7. The summed E-state index contributed by atoms with van der Waals surface area (Å²) in [6, 6.07) is 2.56. The standard InChI is InChI=1S/C14H19F3N2O/c1-10(2)18-7-5-11(8-18)9-19-6-3-4-12(13(19)20)14(15,16)17/h3-4,6,10-11H,5,7-9H2,1-2H3. The predicted molar refractivity (Wildman–Crippen MR) is 70.5 cm³/mol. The van der Waals surface area contributed by atoms with Gasteiger partial charge in [-0.1, -0.05) is 0 Å². The minimum absolute atomic E-state index is 0.235. The number of hydrogen-bond donors (Lipinski definition) is 0. The number of rotatable bonds is 3. The van der Waals surface area contributed by atoms with Crippen molar-refractivity contribution in [3.63, 3.8) is 0 Å². The Labute approximate surface area is 116 Å². The summed E-state index contributed by atoms with van der Waals surface area (Å²) in [6.45, 7) is 6.32. The molecule has 0 N–H and O–H groups in total. The van der Waals surface area contributed by atoms with Crippen LogP contribution >= 0.6 is 0 Å². The van der Waals surface area contributed by atoms with Crippen LogP contribution in [0.25, 0.3) is 0 Å². The van der Waals surface area contributed by atoms with Gasteiger partial charge in [-0.15, -0.1) is 0 Å². The summed E-state index contributed by atoms with van der Waals surface area (Å²) in [6.07, 6.45) is -2.23. The molecule has 0 aromatic carbocycles. The molecule has 1 unspecified atom stereocenters. The first-order valence-corrected chi connectivity index (χ1v) is 6.79. The zero-order chi connectivity index (χ0) is 14.9. The summed E-state index contributed by atoms with van der Waals surface area (Å²) in [7, 11) is 0. The lowest BCUT2D eigenvalue weighted by Crippen LogP contribution is -2.32. The second kappa shape index (κ2) is 5.60. The summed E-state index contributed by atoms with van der Waals surface area (Å²) in [4.78, 5) is 14.1. The first-order chi connectivity index (χ1) is 9.29. The Kier molecular flexibility index (Phi) is 4.22. The molecule has 20 heavy (non-hydrogen) atoms. The lowest BCUT2D eigenvalue weighted by Gasteiger charge is -2.20. The Bertz CT molecular complexity index is 522. The van der Waals surface area contributed by atoms with E-state index in [4.69, 9.17) is 0 Å². The molecule has 1 aromatic heterocycles. The number of likely N-dealkylation sites (tertiary alicyclic amines) is 1. The number of alkyl halides is 3. The lowest BCUT2D eigenvalue weighted by molar-refractivity contribution is -0.139. The van der Waals surface area contributed by atoms with Gasteiger partial charge in [-0.25, -0.2) is 0 Å². The second-order valence-electron chi connectivity index (χ2n) is 5.62. The van der Waals surface area contributed by atoms with Crippen LogP contribution in [0.3, 0.4) is 0 Å². The maximum Gasteiger partial charge on any atom is 0.421 e. The maximum absolute atomic E-state index is 12.7. The maximum atomic E-state index is 12.7. The molecule has 1 saturated heterocycles. The number of aromatic nitrogens is 1. The van der Waals surface area contributed by atoms with Crippen molar-refractivity contribution in [3.05, 3.63) is 34.2 Å². The van der Waals surface area contributed by atoms with Crippen molar-refractivity contribution in [1.82, 2.24) is 9.47 Å². The highest BCUT2D eigenvalue weighted by Crippen LogP contribution is 2.26. The Morgan fingerprint density at radius 2 is 2.10 bits per heavy atom. The Balaban J connectivity index is 2.14. The van der Waals surface area contributed by atoms with Gasteiger partial charge in [-0.3, -0.25) is 4.79 Å². The summed E-state index contributed by atoms with van der Waals surface area (Å²) < 4.78 is 39.3. The van der Waals surface area contributed by atoms with Crippen LogP contribution in [0.15, 0.2) is 23.1 Å². The van der Waals surface area contributed by atoms with E-state index in [9.17, 15) is 18.0 Å². The molecule has 1 aliphatic rings. The Morgan fingerprint density at radius 3 is 2.65 bits per heavy atom. The van der Waals surface area contributed by atoms with Crippen molar-refractivity contribution in [2.75, 3.05) is 13.1 Å². The average Bonchev–Trinajstić information content (AvgIpc) is 2.79. The van der Waals surface area contributed by atoms with Gasteiger partial charge in [0.15, 0.2) is 0 Å². The quantitative estimate of drug-likeness (QED) is 0.854. The normalized spacial score (nSPS) is 20.8. The third-order valence-corrected chi connectivity index (χ3v) is 3.83. The molecular weight excluding hydrogens is 269 g/mol. The van der Waals surface area contributed by atoms with Gasteiger partial charge in [0, 0.05) is 25.3 Å². The lowest BCUT2D eigenvalue weighted by atomic mass is 10.1. The molecule has 1 fully saturated rings. The molecule has 0 amide bonds. The molecular formula is C14H19F3N2O. The molecule has 1 aromatic rings. The van der Waals surface area contributed by atoms with Gasteiger partial charge in [-0.2, -0.15) is 13.2 Å². The van der Waals surface area contributed by atoms with E-state index in [1.54, 1.807) is 0 Å². The highest BCUT2D eigenvalue weighted by atomic mass is 19.4. The van der Waals surface area contributed by atoms with Crippen molar-refractivity contribution in [3.8, 4) is 0 Å². The molecule has 0 saturated carbocycles. The van der Waals surface area contributed by atoms with E-state index < -0.39 is 17.3 Å². The largest absolute Gasteiger partial charge is 0.421 e. The summed E-state index contributed by atoms with van der Waals surface area (Å²) in [5, 5.41) is 0. The Morgan fingerprint density at radius 1 is 1.40 bits per heavy atom. The van der Waals surface area contributed by atoms with Gasteiger partial charge in [0.2, 0.25) is 0 Å². The molecule has 2 heterocycles. The van der Waals surface area contributed by atoms with E-state index in [0.717, 1.165) is 25.6 Å². The number of pyridine rings is 1. The van der Waals surface area contributed by atoms with Crippen LogP contribution in [0, 0.1) is 5.92 Å². The van der Waals surface area contributed by atoms with Crippen molar-refractivity contribution >= 4 is 0 Å². The fourth-order valence-electron chi connectivity index (χ4n) is 2.66. The van der Waals surface area contributed by atoms with E-state index >= 15 is 0 Å². The van der Waals surface area contributed by atoms with Gasteiger partial charge in [0.1, 0.15) is 5.56 Å². The van der Waals surface area contributed by atoms with Gasteiger partial charge < -0.3 is 9.47 Å². The van der Waals surface area contributed by atoms with Gasteiger partial charge in [-0.05, 0) is 44.9 Å². The van der Waals surface area contributed by atoms with Gasteiger partial charge in [0.05, 0.1) is 0 Å². The summed E-state index contributed by atoms with van der Waals surface area (Å²) in [5.41, 5.74) is -2.03. The van der Waals surface area contributed by atoms with Crippen LogP contribution in [-0.2, 0) is 12.7 Å². The Hall–Kier alpha value is -1.30. The SMILES string of the molecule is CC(C)N1CCC(Cn2cccc(C(F)(F)F)c2=O)C1. The molecule has 1 atom stereocenters. The van der Waals surface area contributed by atoms with Crippen LogP contribution in [0.4, 0.5) is 13.2 Å². The molecule has 3 nitrogen and oxygen atoms in total. The first kappa shape index (κ1) is 15.1. The van der Waals surface area contributed by atoms with Gasteiger partial charge in [0.25, 0.3) is 5.56 Å². The summed E-state index contributed by atoms with van der Waals surface area (Å²) >= 11 is 0. The van der Waals surface area contributed by atoms with Crippen LogP contribution in [0.1, 0.15) is 25.8 Å². The molecule has 0 spiro atoms. The zero-order valence-electron chi connectivity index (χ0n) is 11.7. The third kappa shape index (κ3) is 3.23.